The summed E-state index contributed by atoms with van der Waals surface area (Å²) in [5.74, 6) is 1.54. The summed E-state index contributed by atoms with van der Waals surface area (Å²) in [6.45, 7) is 4.20. The molecule has 0 aromatic heterocycles. The molecule has 4 nitrogen and oxygen atoms in total. The number of unbranched alkanes of at least 4 members (excludes halogenated alkanes) is 4. The van der Waals surface area contributed by atoms with Crippen LogP contribution in [0.15, 0.2) is 18.2 Å². The molecule has 148 valence electrons. The number of thiocarbonyl (C=S) groups is 1. The number of benzene rings is 1. The topological polar surface area (TPSA) is 47.6 Å². The normalized spacial score (nSPS) is 17.2. The van der Waals surface area contributed by atoms with Gasteiger partial charge in [0.05, 0.1) is 19.2 Å². The lowest BCUT2D eigenvalue weighted by Crippen LogP contribution is -2.31. The van der Waals surface area contributed by atoms with Crippen molar-refractivity contribution in [1.82, 2.24) is 5.32 Å². The summed E-state index contributed by atoms with van der Waals surface area (Å²) >= 11 is 5.50. The molecule has 27 heavy (non-hydrogen) atoms. The molecular weight excluding hydrogens is 358 g/mol. The van der Waals surface area contributed by atoms with E-state index in [1.807, 2.05) is 19.1 Å². The smallest absolute Gasteiger partial charge is 0.249 e. The third-order valence-corrected chi connectivity index (χ3v) is 5.54. The number of ether oxygens (including phenoxy) is 2. The highest BCUT2D eigenvalue weighted by molar-refractivity contribution is 7.80. The zero-order chi connectivity index (χ0) is 19.8. The maximum absolute atomic E-state index is 12.3. The number of allylic oxidation sites excluding steroid dienone is 1. The number of nitrogens with one attached hydrogen (secondary N) is 1. The molecule has 1 N–H and O–H groups in total. The van der Waals surface area contributed by atoms with E-state index in [1.54, 1.807) is 20.3 Å². The lowest BCUT2D eigenvalue weighted by molar-refractivity contribution is -0.115. The van der Waals surface area contributed by atoms with Gasteiger partial charge in [-0.1, -0.05) is 51.2 Å². The van der Waals surface area contributed by atoms with Crippen molar-refractivity contribution in [2.45, 2.75) is 58.8 Å². The molecule has 0 saturated carbocycles. The Bertz CT molecular complexity index is 712. The molecule has 1 heterocycles. The fraction of sp³-hybridized carbons (Fsp3) is 0.545. The molecule has 0 fully saturated rings. The molecule has 0 bridgehead atoms. The molecule has 0 saturated heterocycles. The Morgan fingerprint density at radius 2 is 1.81 bits per heavy atom. The summed E-state index contributed by atoms with van der Waals surface area (Å²) < 4.78 is 11.1. The van der Waals surface area contributed by atoms with Crippen LogP contribution >= 0.6 is 12.2 Å². The fourth-order valence-electron chi connectivity index (χ4n) is 3.55. The van der Waals surface area contributed by atoms with E-state index in [2.05, 4.69) is 12.2 Å². The Balaban J connectivity index is 2.24. The molecular formula is C22H31NO3S. The molecule has 0 radical (unpaired) electrons. The van der Waals surface area contributed by atoms with Crippen molar-refractivity contribution in [3.05, 3.63) is 29.3 Å². The second-order valence-corrected chi connectivity index (χ2v) is 7.59. The summed E-state index contributed by atoms with van der Waals surface area (Å²) in [6.07, 6.45) is 9.48. The second-order valence-electron chi connectivity index (χ2n) is 7.15. The van der Waals surface area contributed by atoms with E-state index >= 15 is 0 Å². The van der Waals surface area contributed by atoms with Gasteiger partial charge in [-0.05, 0) is 43.0 Å². The summed E-state index contributed by atoms with van der Waals surface area (Å²) in [6, 6.07) is 3.91. The molecule has 1 atom stereocenters. The zero-order valence-electron chi connectivity index (χ0n) is 16.9. The number of hydrogen-bond acceptors (Lipinski definition) is 4. The number of aryl methyl sites for hydroxylation is 1. The molecule has 1 aromatic carbocycles. The predicted octanol–water partition coefficient (Wildman–Crippen LogP) is 5.22. The van der Waals surface area contributed by atoms with Gasteiger partial charge in [-0.2, -0.15) is 0 Å². The van der Waals surface area contributed by atoms with Crippen molar-refractivity contribution in [1.29, 1.82) is 0 Å². The first-order chi connectivity index (χ1) is 13.0. The minimum absolute atomic E-state index is 0.162. The first-order valence-corrected chi connectivity index (χ1v) is 10.2. The number of methoxy groups -OCH3 is 2. The van der Waals surface area contributed by atoms with Crippen LogP contribution in [0.4, 0.5) is 0 Å². The highest BCUT2D eigenvalue weighted by atomic mass is 32.1. The Labute approximate surface area is 168 Å². The van der Waals surface area contributed by atoms with Crippen LogP contribution in [0.1, 0.15) is 63.0 Å². The number of rotatable bonds is 9. The molecule has 1 unspecified atom stereocenters. The van der Waals surface area contributed by atoms with E-state index in [0.29, 0.717) is 4.99 Å². The first kappa shape index (κ1) is 21.4. The Morgan fingerprint density at radius 1 is 1.11 bits per heavy atom. The molecule has 1 aromatic rings. The van der Waals surface area contributed by atoms with E-state index in [1.165, 1.54) is 25.7 Å². The van der Waals surface area contributed by atoms with Crippen molar-refractivity contribution >= 4 is 28.7 Å². The summed E-state index contributed by atoms with van der Waals surface area (Å²) in [5.41, 5.74) is 2.84. The molecule has 0 aliphatic carbocycles. The number of carbonyl (C=O) groups excluding carboxylic acids is 1. The number of amides is 1. The van der Waals surface area contributed by atoms with Gasteiger partial charge < -0.3 is 14.8 Å². The largest absolute Gasteiger partial charge is 0.496 e. The third kappa shape index (κ3) is 5.80. The number of hydrogen-bond donors (Lipinski definition) is 1. The van der Waals surface area contributed by atoms with Gasteiger partial charge in [0.15, 0.2) is 0 Å². The molecule has 1 aliphatic rings. The molecule has 5 heteroatoms. The third-order valence-electron chi connectivity index (χ3n) is 5.11. The van der Waals surface area contributed by atoms with Gasteiger partial charge in [0.1, 0.15) is 11.5 Å². The average Bonchev–Trinajstić information content (AvgIpc) is 2.79. The zero-order valence-corrected chi connectivity index (χ0v) is 17.7. The van der Waals surface area contributed by atoms with Gasteiger partial charge >= 0.3 is 0 Å². The fourth-order valence-corrected chi connectivity index (χ4v) is 3.85. The monoisotopic (exact) mass is 389 g/mol. The molecule has 2 rings (SSSR count). The molecule has 1 aliphatic heterocycles. The molecule has 1 amide bonds. The van der Waals surface area contributed by atoms with Crippen LogP contribution < -0.4 is 14.8 Å². The van der Waals surface area contributed by atoms with Gasteiger partial charge in [-0.3, -0.25) is 4.79 Å². The minimum Gasteiger partial charge on any atom is -0.496 e. The lowest BCUT2D eigenvalue weighted by atomic mass is 9.89. The Hall–Kier alpha value is -1.88. The van der Waals surface area contributed by atoms with E-state index in [0.717, 1.165) is 47.5 Å². The highest BCUT2D eigenvalue weighted by Gasteiger charge is 2.24. The van der Waals surface area contributed by atoms with E-state index in [4.69, 9.17) is 21.7 Å². The van der Waals surface area contributed by atoms with Crippen LogP contribution in [0.5, 0.6) is 11.5 Å². The molecule has 0 spiro atoms. The maximum atomic E-state index is 12.3. The quantitative estimate of drug-likeness (QED) is 0.465. The van der Waals surface area contributed by atoms with Gasteiger partial charge in [-0.25, -0.2) is 0 Å². The minimum atomic E-state index is -0.162. The Morgan fingerprint density at radius 3 is 2.48 bits per heavy atom. The van der Waals surface area contributed by atoms with Crippen molar-refractivity contribution in [2.24, 2.45) is 5.92 Å². The van der Waals surface area contributed by atoms with Crippen molar-refractivity contribution < 1.29 is 14.3 Å². The highest BCUT2D eigenvalue weighted by Crippen LogP contribution is 2.37. The average molecular weight is 390 g/mol. The van der Waals surface area contributed by atoms with Gasteiger partial charge in [0, 0.05) is 17.6 Å². The van der Waals surface area contributed by atoms with Crippen molar-refractivity contribution in [3.63, 3.8) is 0 Å². The van der Waals surface area contributed by atoms with E-state index in [9.17, 15) is 4.79 Å². The van der Waals surface area contributed by atoms with E-state index in [-0.39, 0.29) is 11.8 Å². The summed E-state index contributed by atoms with van der Waals surface area (Å²) in [4.78, 5) is 13.0. The van der Waals surface area contributed by atoms with Crippen LogP contribution in [-0.2, 0) is 4.79 Å². The van der Waals surface area contributed by atoms with Gasteiger partial charge in [-0.15, -0.1) is 0 Å². The summed E-state index contributed by atoms with van der Waals surface area (Å²) in [5, 5.41) is 2.87. The first-order valence-electron chi connectivity index (χ1n) is 9.78. The van der Waals surface area contributed by atoms with Crippen LogP contribution in [0.25, 0.3) is 5.57 Å². The van der Waals surface area contributed by atoms with Gasteiger partial charge in [0.25, 0.3) is 0 Å². The van der Waals surface area contributed by atoms with Crippen LogP contribution in [0, 0.1) is 12.8 Å². The Kier molecular flexibility index (Phi) is 8.29. The van der Waals surface area contributed by atoms with Crippen LogP contribution in [0.2, 0.25) is 0 Å². The maximum Gasteiger partial charge on any atom is 0.249 e. The van der Waals surface area contributed by atoms with Crippen LogP contribution in [0.3, 0.4) is 0 Å². The predicted molar refractivity (Wildman–Crippen MR) is 114 cm³/mol. The summed E-state index contributed by atoms with van der Waals surface area (Å²) in [7, 11) is 3.30. The number of carbonyl (C=O) groups is 1. The van der Waals surface area contributed by atoms with Gasteiger partial charge in [0.2, 0.25) is 5.91 Å². The lowest BCUT2D eigenvalue weighted by Gasteiger charge is -2.19. The van der Waals surface area contributed by atoms with E-state index < -0.39 is 0 Å². The van der Waals surface area contributed by atoms with Crippen molar-refractivity contribution in [3.8, 4) is 11.5 Å². The SMILES string of the molecule is CCCCCCCC1CC(c2cc(OC)c(C)cc2OC)=CC(=O)NC1=S. The van der Waals surface area contributed by atoms with Crippen LogP contribution in [-0.4, -0.2) is 25.1 Å². The standard InChI is InChI=1S/C22H31NO3S/c1-5-6-7-8-9-10-16-12-17(13-21(24)23-22(16)27)18-14-19(25-3)15(2)11-20(18)26-4/h11,13-14,16H,5-10,12H2,1-4H3,(H,23,24,27). The second kappa shape index (κ2) is 10.5. The van der Waals surface area contributed by atoms with Crippen molar-refractivity contribution in [2.75, 3.05) is 14.2 Å².